The van der Waals surface area contributed by atoms with Crippen molar-refractivity contribution < 1.29 is 14.1 Å². The van der Waals surface area contributed by atoms with E-state index in [1.807, 2.05) is 31.2 Å². The smallest absolute Gasteiger partial charge is 0.404 e. The molecule has 0 unspecified atom stereocenters. The molecule has 0 atom stereocenters. The first-order chi connectivity index (χ1) is 9.70. The fourth-order valence-electron chi connectivity index (χ4n) is 1.77. The van der Waals surface area contributed by atoms with Crippen LogP contribution in [0.4, 0.5) is 11.6 Å². The summed E-state index contributed by atoms with van der Waals surface area (Å²) in [5.41, 5.74) is 1.97. The molecule has 0 aliphatic carbocycles. The van der Waals surface area contributed by atoms with Gasteiger partial charge in [-0.2, -0.15) is 0 Å². The topological polar surface area (TPSA) is 77.5 Å². The molecule has 0 radical (unpaired) electrons. The van der Waals surface area contributed by atoms with E-state index < -0.39 is 4.92 Å². The van der Waals surface area contributed by atoms with Gasteiger partial charge in [0.15, 0.2) is 0 Å². The molecule has 1 aromatic heterocycles. The lowest BCUT2D eigenvalue weighted by atomic mass is 10.2. The molecule has 0 saturated heterocycles. The van der Waals surface area contributed by atoms with Gasteiger partial charge in [0.2, 0.25) is 0 Å². The first-order valence-electron chi connectivity index (χ1n) is 6.33. The molecule has 2 rings (SSSR count). The summed E-state index contributed by atoms with van der Waals surface area (Å²) in [6, 6.07) is 10.7. The number of nitrogens with one attached hydrogen (secondary N) is 1. The highest BCUT2D eigenvalue weighted by molar-refractivity contribution is 5.50. The number of ether oxygens (including phenoxy) is 1. The minimum Gasteiger partial charge on any atom is -0.404 e. The van der Waals surface area contributed by atoms with E-state index in [0.29, 0.717) is 25.5 Å². The number of rotatable bonds is 7. The summed E-state index contributed by atoms with van der Waals surface area (Å²) in [7, 11) is 0. The molecule has 6 heteroatoms. The summed E-state index contributed by atoms with van der Waals surface area (Å²) in [5, 5.41) is 13.7. The zero-order chi connectivity index (χ0) is 14.4. The summed E-state index contributed by atoms with van der Waals surface area (Å²) in [5.74, 6) is 0.271. The largest absolute Gasteiger partial charge is 0.433 e. The third-order valence-corrected chi connectivity index (χ3v) is 2.76. The Balaban J connectivity index is 2.00. The molecule has 2 aromatic rings. The molecule has 20 heavy (non-hydrogen) atoms. The average molecular weight is 276 g/mol. The molecular formula is C14H16N2O4. The molecule has 1 aromatic carbocycles. The summed E-state index contributed by atoms with van der Waals surface area (Å²) in [4.78, 5) is 9.99. The van der Waals surface area contributed by atoms with Crippen molar-refractivity contribution in [3.63, 3.8) is 0 Å². The van der Waals surface area contributed by atoms with Gasteiger partial charge in [-0.15, -0.1) is 0 Å². The van der Waals surface area contributed by atoms with Crippen LogP contribution in [0.1, 0.15) is 18.2 Å². The van der Waals surface area contributed by atoms with Crippen LogP contribution in [-0.2, 0) is 17.9 Å². The van der Waals surface area contributed by atoms with Crippen molar-refractivity contribution in [1.29, 1.82) is 0 Å². The summed E-state index contributed by atoms with van der Waals surface area (Å²) in [6.45, 7) is 3.51. The Labute approximate surface area is 116 Å². The number of anilines is 1. The average Bonchev–Trinajstić information content (AvgIpc) is 2.93. The second-order valence-electron chi connectivity index (χ2n) is 4.14. The second-order valence-corrected chi connectivity index (χ2v) is 4.14. The van der Waals surface area contributed by atoms with Crippen LogP contribution < -0.4 is 5.32 Å². The van der Waals surface area contributed by atoms with Gasteiger partial charge in [0.25, 0.3) is 0 Å². The highest BCUT2D eigenvalue weighted by Gasteiger charge is 2.11. The molecule has 106 valence electrons. The molecule has 1 heterocycles. The maximum atomic E-state index is 10.5. The van der Waals surface area contributed by atoms with Gasteiger partial charge >= 0.3 is 5.88 Å². The normalized spacial score (nSPS) is 10.4. The van der Waals surface area contributed by atoms with Crippen molar-refractivity contribution >= 4 is 11.6 Å². The molecule has 0 fully saturated rings. The quantitative estimate of drug-likeness (QED) is 0.620. The van der Waals surface area contributed by atoms with Crippen LogP contribution in [0.3, 0.4) is 0 Å². The fraction of sp³-hybridized carbons (Fsp3) is 0.286. The van der Waals surface area contributed by atoms with E-state index in [0.717, 1.165) is 11.3 Å². The van der Waals surface area contributed by atoms with E-state index in [9.17, 15) is 10.1 Å². The van der Waals surface area contributed by atoms with Crippen LogP contribution in [0.15, 0.2) is 40.8 Å². The van der Waals surface area contributed by atoms with Gasteiger partial charge in [-0.25, -0.2) is 0 Å². The minimum atomic E-state index is -0.549. The van der Waals surface area contributed by atoms with Crippen molar-refractivity contribution in [3.8, 4) is 0 Å². The molecule has 0 amide bonds. The predicted octanol–water partition coefficient (Wildman–Crippen LogP) is 3.34. The molecule has 0 aliphatic rings. The van der Waals surface area contributed by atoms with E-state index in [-0.39, 0.29) is 5.88 Å². The van der Waals surface area contributed by atoms with E-state index in [4.69, 9.17) is 9.15 Å². The van der Waals surface area contributed by atoms with Crippen LogP contribution in [0.2, 0.25) is 0 Å². The van der Waals surface area contributed by atoms with Crippen molar-refractivity contribution in [2.45, 2.75) is 20.1 Å². The van der Waals surface area contributed by atoms with Crippen molar-refractivity contribution in [2.24, 2.45) is 0 Å². The van der Waals surface area contributed by atoms with E-state index in [2.05, 4.69) is 5.32 Å². The number of para-hydroxylation sites is 1. The Bertz CT molecular complexity index is 580. The Morgan fingerprint density at radius 3 is 2.80 bits per heavy atom. The summed E-state index contributed by atoms with van der Waals surface area (Å²) < 4.78 is 10.5. The number of hydrogen-bond acceptors (Lipinski definition) is 5. The Morgan fingerprint density at radius 1 is 1.30 bits per heavy atom. The predicted molar refractivity (Wildman–Crippen MR) is 74.5 cm³/mol. The van der Waals surface area contributed by atoms with Gasteiger partial charge in [-0.3, -0.25) is 10.1 Å². The van der Waals surface area contributed by atoms with Gasteiger partial charge in [-0.05, 0) is 19.1 Å². The monoisotopic (exact) mass is 276 g/mol. The number of benzene rings is 1. The van der Waals surface area contributed by atoms with Crippen molar-refractivity contribution in [2.75, 3.05) is 11.9 Å². The van der Waals surface area contributed by atoms with Gasteiger partial charge in [0.05, 0.1) is 19.2 Å². The van der Waals surface area contributed by atoms with Gasteiger partial charge in [0, 0.05) is 17.9 Å². The Hall–Kier alpha value is -2.34. The van der Waals surface area contributed by atoms with E-state index >= 15 is 0 Å². The van der Waals surface area contributed by atoms with Crippen LogP contribution in [0.5, 0.6) is 0 Å². The number of nitro groups is 1. The highest BCUT2D eigenvalue weighted by atomic mass is 16.6. The Kier molecular flexibility index (Phi) is 4.73. The third-order valence-electron chi connectivity index (χ3n) is 2.76. The third kappa shape index (κ3) is 3.58. The lowest BCUT2D eigenvalue weighted by Gasteiger charge is -2.10. The lowest BCUT2D eigenvalue weighted by molar-refractivity contribution is -0.402. The first kappa shape index (κ1) is 14.1. The van der Waals surface area contributed by atoms with Gasteiger partial charge in [0.1, 0.15) is 10.7 Å². The number of furan rings is 1. The van der Waals surface area contributed by atoms with Crippen LogP contribution in [-0.4, -0.2) is 11.5 Å². The van der Waals surface area contributed by atoms with Gasteiger partial charge in [-0.1, -0.05) is 18.2 Å². The number of nitrogens with zero attached hydrogens (tertiary/aromatic N) is 1. The lowest BCUT2D eigenvalue weighted by Crippen LogP contribution is -2.03. The fourth-order valence-corrected chi connectivity index (χ4v) is 1.77. The summed E-state index contributed by atoms with van der Waals surface area (Å²) in [6.07, 6.45) is 0. The molecule has 6 nitrogen and oxygen atoms in total. The van der Waals surface area contributed by atoms with Crippen LogP contribution >= 0.6 is 0 Å². The van der Waals surface area contributed by atoms with E-state index in [1.165, 1.54) is 6.07 Å². The minimum absolute atomic E-state index is 0.246. The summed E-state index contributed by atoms with van der Waals surface area (Å²) >= 11 is 0. The van der Waals surface area contributed by atoms with Crippen molar-refractivity contribution in [3.05, 3.63) is 57.8 Å². The maximum absolute atomic E-state index is 10.5. The maximum Gasteiger partial charge on any atom is 0.433 e. The SMILES string of the molecule is CCOCc1ccccc1NCc1ccc([N+](=O)[O-])o1. The first-order valence-corrected chi connectivity index (χ1v) is 6.33. The van der Waals surface area contributed by atoms with Gasteiger partial charge < -0.3 is 14.5 Å². The molecule has 0 spiro atoms. The van der Waals surface area contributed by atoms with Crippen LogP contribution in [0, 0.1) is 10.1 Å². The second kappa shape index (κ2) is 6.72. The molecule has 0 aliphatic heterocycles. The molecule has 1 N–H and O–H groups in total. The molecular weight excluding hydrogens is 260 g/mol. The number of hydrogen-bond donors (Lipinski definition) is 1. The highest BCUT2D eigenvalue weighted by Crippen LogP contribution is 2.20. The standard InChI is InChI=1S/C14H16N2O4/c1-2-19-10-11-5-3-4-6-13(11)15-9-12-7-8-14(20-12)16(17)18/h3-8,15H,2,9-10H2,1H3. The Morgan fingerprint density at radius 2 is 2.10 bits per heavy atom. The molecule has 0 saturated carbocycles. The zero-order valence-corrected chi connectivity index (χ0v) is 11.2. The molecule has 0 bridgehead atoms. The van der Waals surface area contributed by atoms with E-state index in [1.54, 1.807) is 6.07 Å². The van der Waals surface area contributed by atoms with Crippen LogP contribution in [0.25, 0.3) is 0 Å². The zero-order valence-electron chi connectivity index (χ0n) is 11.2. The van der Waals surface area contributed by atoms with Crippen molar-refractivity contribution in [1.82, 2.24) is 0 Å².